The van der Waals surface area contributed by atoms with Gasteiger partial charge in [0.25, 0.3) is 0 Å². The van der Waals surface area contributed by atoms with Gasteiger partial charge in [-0.1, -0.05) is 0 Å². The van der Waals surface area contributed by atoms with Crippen molar-refractivity contribution >= 4 is 16.9 Å². The molecule has 1 aliphatic rings. The monoisotopic (exact) mass is 346 g/mol. The number of benzene rings is 1. The summed E-state index contributed by atoms with van der Waals surface area (Å²) < 4.78 is 10.9. The molecular weight excluding hydrogens is 320 g/mol. The summed E-state index contributed by atoms with van der Waals surface area (Å²) in [6, 6.07) is 6.13. The van der Waals surface area contributed by atoms with Crippen LogP contribution in [0.5, 0.6) is 5.75 Å². The number of imidazole rings is 1. The maximum absolute atomic E-state index is 12.2. The third kappa shape index (κ3) is 4.49. The second-order valence-corrected chi connectivity index (χ2v) is 6.63. The summed E-state index contributed by atoms with van der Waals surface area (Å²) in [5.41, 5.74) is 1.75. The van der Waals surface area contributed by atoms with E-state index in [1.54, 1.807) is 7.11 Å². The quantitative estimate of drug-likeness (QED) is 0.832. The zero-order valence-electron chi connectivity index (χ0n) is 15.0. The van der Waals surface area contributed by atoms with E-state index < -0.39 is 0 Å². The van der Waals surface area contributed by atoms with Crippen LogP contribution in [-0.2, 0) is 16.1 Å². The first-order valence-corrected chi connectivity index (χ1v) is 8.70. The Morgan fingerprint density at radius 2 is 2.36 bits per heavy atom. The van der Waals surface area contributed by atoms with E-state index in [-0.39, 0.29) is 12.0 Å². The number of carbonyl (C=O) groups is 1. The average Bonchev–Trinajstić information content (AvgIpc) is 3.02. The van der Waals surface area contributed by atoms with Crippen molar-refractivity contribution in [1.82, 2.24) is 20.2 Å². The number of nitrogens with zero attached hydrogens (tertiary/aromatic N) is 2. The molecule has 1 amide bonds. The van der Waals surface area contributed by atoms with Crippen molar-refractivity contribution in [3.05, 3.63) is 24.0 Å². The van der Waals surface area contributed by atoms with E-state index in [1.807, 2.05) is 18.2 Å². The Labute approximate surface area is 147 Å². The molecule has 1 atom stereocenters. The fourth-order valence-electron chi connectivity index (χ4n) is 3.05. The number of nitrogens with one attached hydrogen (secondary N) is 2. The zero-order chi connectivity index (χ0) is 17.8. The number of carbonyl (C=O) groups excluding carboxylic acids is 1. The number of fused-ring (bicyclic) bond motifs is 1. The number of rotatable bonds is 6. The van der Waals surface area contributed by atoms with Crippen LogP contribution >= 0.6 is 0 Å². The van der Waals surface area contributed by atoms with Crippen LogP contribution in [0.25, 0.3) is 11.0 Å². The highest BCUT2D eigenvalue weighted by molar-refractivity contribution is 5.78. The smallest absolute Gasteiger partial charge is 0.223 e. The summed E-state index contributed by atoms with van der Waals surface area (Å²) in [6.07, 6.45) is 0.327. The van der Waals surface area contributed by atoms with E-state index in [0.29, 0.717) is 25.6 Å². The predicted octanol–water partition coefficient (Wildman–Crippen LogP) is 1.69. The summed E-state index contributed by atoms with van der Waals surface area (Å²) >= 11 is 0. The number of hydrogen-bond acceptors (Lipinski definition) is 5. The van der Waals surface area contributed by atoms with Gasteiger partial charge in [0.2, 0.25) is 5.91 Å². The van der Waals surface area contributed by atoms with Gasteiger partial charge in [0.15, 0.2) is 0 Å². The highest BCUT2D eigenvalue weighted by atomic mass is 16.5. The SMILES string of the molecule is COc1ccc2nc(CNC(=O)C[C@@H]3CN(C(C)C)CCO3)[nH]c2c1. The standard InChI is InChI=1S/C18H26N4O3/c1-12(2)22-6-7-25-14(11-22)9-18(23)19-10-17-20-15-5-4-13(24-3)8-16(15)21-17/h4-5,8,12,14H,6-7,9-11H2,1-3H3,(H,19,23)(H,20,21)/t14-/m1/s1. The molecule has 3 rings (SSSR count). The van der Waals surface area contributed by atoms with Gasteiger partial charge in [0.1, 0.15) is 11.6 Å². The molecule has 1 aromatic carbocycles. The van der Waals surface area contributed by atoms with Crippen molar-refractivity contribution in [1.29, 1.82) is 0 Å². The summed E-state index contributed by atoms with van der Waals surface area (Å²) in [5.74, 6) is 1.48. The lowest BCUT2D eigenvalue weighted by atomic mass is 10.1. The van der Waals surface area contributed by atoms with Crippen LogP contribution in [0.2, 0.25) is 0 Å². The molecule has 7 nitrogen and oxygen atoms in total. The van der Waals surface area contributed by atoms with E-state index in [2.05, 4.69) is 34.0 Å². The maximum atomic E-state index is 12.2. The third-order valence-corrected chi connectivity index (χ3v) is 4.50. The van der Waals surface area contributed by atoms with Gasteiger partial charge in [-0.3, -0.25) is 9.69 Å². The van der Waals surface area contributed by atoms with Crippen molar-refractivity contribution in [3.8, 4) is 5.75 Å². The number of morpholine rings is 1. The van der Waals surface area contributed by atoms with Gasteiger partial charge in [-0.25, -0.2) is 4.98 Å². The molecule has 0 saturated carbocycles. The van der Waals surface area contributed by atoms with Gasteiger partial charge >= 0.3 is 0 Å². The van der Waals surface area contributed by atoms with Crippen LogP contribution in [0.15, 0.2) is 18.2 Å². The molecule has 7 heteroatoms. The Hall–Kier alpha value is -2.12. The minimum absolute atomic E-state index is 0.0198. The molecule has 1 fully saturated rings. The van der Waals surface area contributed by atoms with Gasteiger partial charge in [-0.05, 0) is 26.0 Å². The summed E-state index contributed by atoms with van der Waals surface area (Å²) in [6.45, 7) is 7.11. The lowest BCUT2D eigenvalue weighted by molar-refractivity contribution is -0.126. The van der Waals surface area contributed by atoms with E-state index in [4.69, 9.17) is 9.47 Å². The van der Waals surface area contributed by atoms with Crippen LogP contribution in [0.1, 0.15) is 26.1 Å². The predicted molar refractivity (Wildman–Crippen MR) is 95.6 cm³/mol. The second-order valence-electron chi connectivity index (χ2n) is 6.63. The minimum Gasteiger partial charge on any atom is -0.497 e. The number of H-pyrrole nitrogens is 1. The summed E-state index contributed by atoms with van der Waals surface area (Å²) in [7, 11) is 1.63. The van der Waals surface area contributed by atoms with Crippen molar-refractivity contribution in [2.45, 2.75) is 39.0 Å². The first kappa shape index (κ1) is 17.7. The number of methoxy groups -OCH3 is 1. The van der Waals surface area contributed by atoms with Gasteiger partial charge in [-0.15, -0.1) is 0 Å². The molecule has 136 valence electrons. The van der Waals surface area contributed by atoms with E-state index in [0.717, 1.165) is 35.7 Å². The molecular formula is C18H26N4O3. The Morgan fingerprint density at radius 1 is 1.52 bits per heavy atom. The molecule has 25 heavy (non-hydrogen) atoms. The molecule has 0 aliphatic carbocycles. The second kappa shape index (κ2) is 7.84. The lowest BCUT2D eigenvalue weighted by Gasteiger charge is -2.35. The average molecular weight is 346 g/mol. The zero-order valence-corrected chi connectivity index (χ0v) is 15.0. The van der Waals surface area contributed by atoms with E-state index in [9.17, 15) is 4.79 Å². The fourth-order valence-corrected chi connectivity index (χ4v) is 3.05. The van der Waals surface area contributed by atoms with Crippen LogP contribution in [0.4, 0.5) is 0 Å². The highest BCUT2D eigenvalue weighted by Gasteiger charge is 2.24. The molecule has 0 unspecified atom stereocenters. The van der Waals surface area contributed by atoms with Crippen LogP contribution < -0.4 is 10.1 Å². The lowest BCUT2D eigenvalue weighted by Crippen LogP contribution is -2.47. The topological polar surface area (TPSA) is 79.5 Å². The Balaban J connectivity index is 1.52. The molecule has 2 N–H and O–H groups in total. The number of hydrogen-bond donors (Lipinski definition) is 2. The first-order chi connectivity index (χ1) is 12.0. The number of aromatic nitrogens is 2. The molecule has 0 spiro atoms. The Kier molecular flexibility index (Phi) is 5.55. The Bertz CT molecular complexity index is 728. The van der Waals surface area contributed by atoms with Crippen molar-refractivity contribution in [3.63, 3.8) is 0 Å². The van der Waals surface area contributed by atoms with Gasteiger partial charge < -0.3 is 19.8 Å². The Morgan fingerprint density at radius 3 is 3.12 bits per heavy atom. The van der Waals surface area contributed by atoms with Crippen molar-refractivity contribution < 1.29 is 14.3 Å². The van der Waals surface area contributed by atoms with Gasteiger partial charge in [0.05, 0.1) is 43.8 Å². The molecule has 1 aliphatic heterocycles. The molecule has 0 radical (unpaired) electrons. The first-order valence-electron chi connectivity index (χ1n) is 8.70. The van der Waals surface area contributed by atoms with Gasteiger partial charge in [-0.2, -0.15) is 0 Å². The molecule has 1 saturated heterocycles. The summed E-state index contributed by atoms with van der Waals surface area (Å²) in [5, 5.41) is 2.92. The van der Waals surface area contributed by atoms with E-state index in [1.165, 1.54) is 0 Å². The van der Waals surface area contributed by atoms with Crippen LogP contribution in [0, 0.1) is 0 Å². The van der Waals surface area contributed by atoms with Crippen molar-refractivity contribution in [2.24, 2.45) is 0 Å². The molecule has 0 bridgehead atoms. The third-order valence-electron chi connectivity index (χ3n) is 4.50. The molecule has 2 heterocycles. The highest BCUT2D eigenvalue weighted by Crippen LogP contribution is 2.18. The minimum atomic E-state index is -0.0453. The number of amides is 1. The van der Waals surface area contributed by atoms with Crippen LogP contribution in [0.3, 0.4) is 0 Å². The number of ether oxygens (including phenoxy) is 2. The molecule has 2 aromatic rings. The largest absolute Gasteiger partial charge is 0.497 e. The fraction of sp³-hybridized carbons (Fsp3) is 0.556. The van der Waals surface area contributed by atoms with E-state index >= 15 is 0 Å². The molecule has 1 aromatic heterocycles. The summed E-state index contributed by atoms with van der Waals surface area (Å²) in [4.78, 5) is 22.2. The number of aromatic amines is 1. The van der Waals surface area contributed by atoms with Crippen LogP contribution in [-0.4, -0.2) is 59.7 Å². The maximum Gasteiger partial charge on any atom is 0.223 e. The normalized spacial score (nSPS) is 18.6. The van der Waals surface area contributed by atoms with Crippen molar-refractivity contribution in [2.75, 3.05) is 26.8 Å². The van der Waals surface area contributed by atoms with Gasteiger partial charge in [0, 0.05) is 25.2 Å².